The highest BCUT2D eigenvalue weighted by atomic mass is 19.1. The van der Waals surface area contributed by atoms with Crippen LogP contribution in [0.4, 0.5) is 9.18 Å². The van der Waals surface area contributed by atoms with Gasteiger partial charge in [-0.1, -0.05) is 12.1 Å². The van der Waals surface area contributed by atoms with Gasteiger partial charge < -0.3 is 15.4 Å². The van der Waals surface area contributed by atoms with Gasteiger partial charge in [-0.05, 0) is 19.4 Å². The molecule has 25 heavy (non-hydrogen) atoms. The summed E-state index contributed by atoms with van der Waals surface area (Å²) in [4.78, 5) is 16.8. The summed E-state index contributed by atoms with van der Waals surface area (Å²) in [6, 6.07) is 4.26. The van der Waals surface area contributed by atoms with Crippen molar-refractivity contribution in [2.45, 2.75) is 44.8 Å². The molecule has 2 atom stereocenters. The number of carbonyl (C=O) groups excluding carboxylic acids is 1. The lowest BCUT2D eigenvalue weighted by Crippen LogP contribution is -2.47. The lowest BCUT2D eigenvalue weighted by molar-refractivity contribution is 0.213. The molecule has 0 saturated heterocycles. The number of benzene rings is 1. The molecular weight excluding hydrogens is 325 g/mol. The minimum atomic E-state index is -0.397. The van der Waals surface area contributed by atoms with Crippen LogP contribution in [-0.4, -0.2) is 33.4 Å². The summed E-state index contributed by atoms with van der Waals surface area (Å²) in [5, 5.41) is 10.3. The van der Waals surface area contributed by atoms with Crippen LogP contribution in [0.5, 0.6) is 5.75 Å². The molecule has 2 N–H and O–H groups in total. The summed E-state index contributed by atoms with van der Waals surface area (Å²) in [6.45, 7) is 2.86. The van der Waals surface area contributed by atoms with Gasteiger partial charge in [-0.3, -0.25) is 0 Å². The average molecular weight is 345 g/mol. The van der Waals surface area contributed by atoms with E-state index in [0.29, 0.717) is 25.1 Å². The van der Waals surface area contributed by atoms with E-state index in [9.17, 15) is 9.18 Å². The standard InChI is InChI=1S/C17H20FN5O2/c1-10-19-15-6-5-11(9-23(15)22-10)20-17(24)21-14-7-8-25-16-12(14)3-2-4-13(16)18/h2-4,11,14H,5-9H2,1H3,(H2,20,21,24)/t11-,14-/m0/s1. The summed E-state index contributed by atoms with van der Waals surface area (Å²) >= 11 is 0. The molecule has 3 heterocycles. The van der Waals surface area contributed by atoms with Gasteiger partial charge in [0.1, 0.15) is 11.6 Å². The second-order valence-corrected chi connectivity index (χ2v) is 6.46. The molecule has 0 saturated carbocycles. The van der Waals surface area contributed by atoms with Gasteiger partial charge in [-0.15, -0.1) is 0 Å². The van der Waals surface area contributed by atoms with Crippen molar-refractivity contribution >= 4 is 6.03 Å². The molecule has 0 bridgehead atoms. The predicted octanol–water partition coefficient (Wildman–Crippen LogP) is 1.86. The zero-order valence-corrected chi connectivity index (χ0v) is 14.0. The first-order valence-electron chi connectivity index (χ1n) is 8.48. The van der Waals surface area contributed by atoms with E-state index in [4.69, 9.17) is 4.74 Å². The zero-order chi connectivity index (χ0) is 17.4. The van der Waals surface area contributed by atoms with Crippen LogP contribution < -0.4 is 15.4 Å². The third-order valence-electron chi connectivity index (χ3n) is 4.63. The van der Waals surface area contributed by atoms with E-state index in [0.717, 1.165) is 24.5 Å². The Morgan fingerprint density at radius 3 is 3.12 bits per heavy atom. The lowest BCUT2D eigenvalue weighted by Gasteiger charge is -2.29. The third-order valence-corrected chi connectivity index (χ3v) is 4.63. The van der Waals surface area contributed by atoms with E-state index >= 15 is 0 Å². The second kappa shape index (κ2) is 6.34. The van der Waals surface area contributed by atoms with Crippen molar-refractivity contribution in [3.63, 3.8) is 0 Å². The Bertz CT molecular complexity index is 806. The van der Waals surface area contributed by atoms with Crippen molar-refractivity contribution in [3.05, 3.63) is 41.2 Å². The summed E-state index contributed by atoms with van der Waals surface area (Å²) in [6.07, 6.45) is 2.22. The number of carbonyl (C=O) groups is 1. The maximum absolute atomic E-state index is 13.8. The minimum Gasteiger partial charge on any atom is -0.490 e. The molecule has 2 aromatic rings. The number of nitrogens with one attached hydrogen (secondary N) is 2. The van der Waals surface area contributed by atoms with E-state index in [-0.39, 0.29) is 23.9 Å². The van der Waals surface area contributed by atoms with Crippen molar-refractivity contribution in [1.82, 2.24) is 25.4 Å². The van der Waals surface area contributed by atoms with E-state index in [1.54, 1.807) is 12.1 Å². The van der Waals surface area contributed by atoms with Gasteiger partial charge in [0.2, 0.25) is 0 Å². The number of urea groups is 1. The van der Waals surface area contributed by atoms with Crippen LogP contribution >= 0.6 is 0 Å². The first kappa shape index (κ1) is 15.9. The van der Waals surface area contributed by atoms with Gasteiger partial charge in [0.15, 0.2) is 11.6 Å². The highest BCUT2D eigenvalue weighted by Gasteiger charge is 2.27. The van der Waals surface area contributed by atoms with Crippen molar-refractivity contribution in [1.29, 1.82) is 0 Å². The van der Waals surface area contributed by atoms with E-state index in [1.807, 2.05) is 11.6 Å². The van der Waals surface area contributed by atoms with Crippen LogP contribution in [0.3, 0.4) is 0 Å². The highest BCUT2D eigenvalue weighted by molar-refractivity contribution is 5.75. The van der Waals surface area contributed by atoms with Crippen molar-refractivity contribution in [2.75, 3.05) is 6.61 Å². The monoisotopic (exact) mass is 345 g/mol. The number of aromatic nitrogens is 3. The topological polar surface area (TPSA) is 81.1 Å². The SMILES string of the molecule is Cc1nc2n(n1)C[C@@H](NC(=O)N[C@H]1CCOc3c(F)cccc31)CC2. The van der Waals surface area contributed by atoms with Gasteiger partial charge >= 0.3 is 6.03 Å². The Balaban J connectivity index is 1.40. The fourth-order valence-electron chi connectivity index (χ4n) is 3.47. The zero-order valence-electron chi connectivity index (χ0n) is 14.0. The molecule has 0 unspecified atom stereocenters. The molecule has 0 radical (unpaired) electrons. The van der Waals surface area contributed by atoms with Crippen LogP contribution in [0.1, 0.15) is 36.1 Å². The normalized spacial score (nSPS) is 21.7. The van der Waals surface area contributed by atoms with Crippen LogP contribution in [0, 0.1) is 12.7 Å². The van der Waals surface area contributed by atoms with Crippen molar-refractivity contribution in [2.24, 2.45) is 0 Å². The maximum Gasteiger partial charge on any atom is 0.315 e. The fraction of sp³-hybridized carbons (Fsp3) is 0.471. The van der Waals surface area contributed by atoms with Gasteiger partial charge in [0, 0.05) is 18.4 Å². The molecule has 132 valence electrons. The summed E-state index contributed by atoms with van der Waals surface area (Å²) in [5.74, 6) is 1.55. The number of ether oxygens (including phenoxy) is 1. The number of halogens is 1. The molecule has 2 aliphatic rings. The third kappa shape index (κ3) is 3.16. The van der Waals surface area contributed by atoms with Gasteiger partial charge in [0.05, 0.1) is 25.2 Å². The van der Waals surface area contributed by atoms with Crippen molar-refractivity contribution in [3.8, 4) is 5.75 Å². The van der Waals surface area contributed by atoms with Crippen LogP contribution in [0.15, 0.2) is 18.2 Å². The predicted molar refractivity (Wildman–Crippen MR) is 87.8 cm³/mol. The molecule has 2 amide bonds. The molecule has 8 heteroatoms. The first-order valence-corrected chi connectivity index (χ1v) is 8.48. The molecule has 0 spiro atoms. The Morgan fingerprint density at radius 2 is 2.24 bits per heavy atom. The fourth-order valence-corrected chi connectivity index (χ4v) is 3.47. The quantitative estimate of drug-likeness (QED) is 0.871. The van der Waals surface area contributed by atoms with Gasteiger partial charge in [-0.2, -0.15) is 5.10 Å². The number of para-hydroxylation sites is 1. The first-order chi connectivity index (χ1) is 12.1. The second-order valence-electron chi connectivity index (χ2n) is 6.46. The van der Waals surface area contributed by atoms with E-state index in [2.05, 4.69) is 20.7 Å². The molecule has 1 aromatic heterocycles. The molecule has 1 aromatic carbocycles. The molecule has 7 nitrogen and oxygen atoms in total. The Kier molecular flexibility index (Phi) is 4.03. The minimum absolute atomic E-state index is 0.000389. The Labute approximate surface area is 144 Å². The van der Waals surface area contributed by atoms with Crippen LogP contribution in [-0.2, 0) is 13.0 Å². The Hall–Kier alpha value is -2.64. The number of amides is 2. The number of hydrogen-bond acceptors (Lipinski definition) is 4. The smallest absolute Gasteiger partial charge is 0.315 e. The average Bonchev–Trinajstić information content (AvgIpc) is 2.95. The largest absolute Gasteiger partial charge is 0.490 e. The van der Waals surface area contributed by atoms with Gasteiger partial charge in [0.25, 0.3) is 0 Å². The van der Waals surface area contributed by atoms with Crippen LogP contribution in [0.2, 0.25) is 0 Å². The number of nitrogens with zero attached hydrogens (tertiary/aromatic N) is 3. The van der Waals surface area contributed by atoms with Crippen molar-refractivity contribution < 1.29 is 13.9 Å². The summed E-state index contributed by atoms with van der Waals surface area (Å²) in [5.41, 5.74) is 0.680. The van der Waals surface area contributed by atoms with Gasteiger partial charge in [-0.25, -0.2) is 18.9 Å². The molecule has 4 rings (SSSR count). The van der Waals surface area contributed by atoms with E-state index < -0.39 is 5.82 Å². The number of hydrogen-bond donors (Lipinski definition) is 2. The van der Waals surface area contributed by atoms with Crippen LogP contribution in [0.25, 0.3) is 0 Å². The lowest BCUT2D eigenvalue weighted by atomic mass is 10.0. The molecule has 2 aliphatic heterocycles. The maximum atomic E-state index is 13.8. The molecule has 0 aliphatic carbocycles. The summed E-state index contributed by atoms with van der Waals surface area (Å²) in [7, 11) is 0. The number of fused-ring (bicyclic) bond motifs is 2. The number of aryl methyl sites for hydroxylation is 2. The molecular formula is C17H20FN5O2. The highest BCUT2D eigenvalue weighted by Crippen LogP contribution is 2.33. The number of rotatable bonds is 2. The molecule has 0 fully saturated rings. The Morgan fingerprint density at radius 1 is 1.36 bits per heavy atom. The van der Waals surface area contributed by atoms with E-state index in [1.165, 1.54) is 6.07 Å². The summed E-state index contributed by atoms with van der Waals surface area (Å²) < 4.78 is 21.1.